The Morgan fingerprint density at radius 1 is 0.932 bits per heavy atom. The van der Waals surface area contributed by atoms with Gasteiger partial charge in [0.25, 0.3) is 11.7 Å². The van der Waals surface area contributed by atoms with E-state index in [9.17, 15) is 53.7 Å². The van der Waals surface area contributed by atoms with Gasteiger partial charge in [-0.05, 0) is 31.8 Å². The lowest BCUT2D eigenvalue weighted by atomic mass is 9.77. The molecule has 4 heterocycles. The van der Waals surface area contributed by atoms with Crippen LogP contribution in [0.3, 0.4) is 0 Å². The highest BCUT2D eigenvalue weighted by Gasteiger charge is 2.52. The number of hydrazone groups is 1. The molecule has 6 rings (SSSR count). The summed E-state index contributed by atoms with van der Waals surface area (Å²) in [4.78, 5) is 107. The van der Waals surface area contributed by atoms with Crippen LogP contribution in [0.25, 0.3) is 0 Å². The first kappa shape index (κ1) is 58.3. The van der Waals surface area contributed by atoms with Crippen LogP contribution in [0.4, 0.5) is 0 Å². The molecule has 1 aliphatic carbocycles. The molecule has 0 radical (unpaired) electrons. The van der Waals surface area contributed by atoms with Crippen molar-refractivity contribution in [1.82, 2.24) is 15.2 Å². The zero-order valence-corrected chi connectivity index (χ0v) is 44.3. The Bertz CT molecular complexity index is 2560. The molecule has 1 fully saturated rings. The summed E-state index contributed by atoms with van der Waals surface area (Å²) in [5.74, 6) is -10.6. The monoisotopic (exact) mass is 1030 g/mol. The number of hydrogen-bond acceptors (Lipinski definition) is 18. The Kier molecular flexibility index (Phi) is 19.1. The molecule has 1 aromatic carbocycles. The van der Waals surface area contributed by atoms with Crippen LogP contribution in [0, 0.1) is 47.8 Å². The average molecular weight is 1030 g/mol. The average Bonchev–Trinajstić information content (AvgIpc) is 3.62. The standard InChI is InChI=1S/C55H72N4O15/c1-29-16-22-72-55(12)52(69)43-41-42(47(66)36(8)51(43)74-55)49(68)44(57-53(70)31(3)15-13-14-30(2)45(64)34(6)46(65)35(7)50(33(29)5)73-37(9)62)39(48(41)67)26-56-59-19-17-58(18-20-59)21-23-71-32(4)25-54(10,11)40(63)24-38(27-60)28-61/h13-16,22,26-30,33-35,38,45-46,50,64-66H,4,17-21,23-25H2,1-3,5-12H3,(H,57,70)/b14-13+,22-16+,31-15-,56-26-/t29-,30-,33+,34+,35+,45-,46+,50+,55-/m0/s1. The minimum atomic E-state index is -2.10. The van der Waals surface area contributed by atoms with E-state index in [1.807, 2.05) is 13.8 Å². The van der Waals surface area contributed by atoms with E-state index in [1.165, 1.54) is 40.0 Å². The van der Waals surface area contributed by atoms with Crippen LogP contribution in [0.5, 0.6) is 11.5 Å². The second-order valence-electron chi connectivity index (χ2n) is 20.8. The van der Waals surface area contributed by atoms with Gasteiger partial charge in [0.1, 0.15) is 48.3 Å². The molecular weight excluding hydrogens is 957 g/mol. The number of carbonyl (C=O) groups is 8. The third kappa shape index (κ3) is 12.8. The largest absolute Gasteiger partial charge is 0.507 e. The molecule has 0 unspecified atom stereocenters. The number of aldehydes is 2. The molecule has 0 spiro atoms. The fourth-order valence-electron chi connectivity index (χ4n) is 9.50. The third-order valence-electron chi connectivity index (χ3n) is 14.7. The van der Waals surface area contributed by atoms with Crippen molar-refractivity contribution in [2.24, 2.45) is 46.0 Å². The van der Waals surface area contributed by atoms with Crippen LogP contribution in [0.2, 0.25) is 0 Å². The van der Waals surface area contributed by atoms with E-state index in [2.05, 4.69) is 21.9 Å². The van der Waals surface area contributed by atoms with Gasteiger partial charge in [0.05, 0.1) is 58.6 Å². The van der Waals surface area contributed by atoms with Crippen LogP contribution in [0.15, 0.2) is 64.8 Å². The highest BCUT2D eigenvalue weighted by Crippen LogP contribution is 2.48. The van der Waals surface area contributed by atoms with Gasteiger partial charge in [0.15, 0.2) is 5.78 Å². The Labute approximate surface area is 432 Å². The van der Waals surface area contributed by atoms with Crippen LogP contribution in [-0.4, -0.2) is 142 Å². The summed E-state index contributed by atoms with van der Waals surface area (Å²) >= 11 is 0. The Morgan fingerprint density at radius 3 is 2.20 bits per heavy atom. The van der Waals surface area contributed by atoms with Crippen molar-refractivity contribution in [2.75, 3.05) is 39.3 Å². The highest BCUT2D eigenvalue weighted by molar-refractivity contribution is 6.37. The molecule has 1 saturated heterocycles. The zero-order valence-electron chi connectivity index (χ0n) is 44.3. The number of carbonyl (C=O) groups excluding carboxylic acids is 8. The zero-order chi connectivity index (χ0) is 55.1. The summed E-state index contributed by atoms with van der Waals surface area (Å²) < 4.78 is 23.7. The Balaban J connectivity index is 1.45. The van der Waals surface area contributed by atoms with Crippen molar-refractivity contribution in [2.45, 2.75) is 113 Å². The first-order chi connectivity index (χ1) is 34.7. The number of amides is 1. The van der Waals surface area contributed by atoms with Crippen molar-refractivity contribution in [3.8, 4) is 11.5 Å². The number of nitrogens with one attached hydrogen (secondary N) is 1. The number of Topliss-reactive ketones (excluding diaryl/α,β-unsaturated/α-hetero) is 4. The van der Waals surface area contributed by atoms with Crippen molar-refractivity contribution in [3.63, 3.8) is 0 Å². The maximum Gasteiger partial charge on any atom is 0.312 e. The maximum atomic E-state index is 14.9. The molecule has 4 aliphatic heterocycles. The van der Waals surface area contributed by atoms with E-state index in [1.54, 1.807) is 57.9 Å². The van der Waals surface area contributed by atoms with Gasteiger partial charge in [-0.15, -0.1) is 0 Å². The van der Waals surface area contributed by atoms with Gasteiger partial charge in [-0.2, -0.15) is 5.10 Å². The molecule has 19 nitrogen and oxygen atoms in total. The van der Waals surface area contributed by atoms with E-state index >= 15 is 0 Å². The summed E-state index contributed by atoms with van der Waals surface area (Å²) in [7, 11) is 0. The second kappa shape index (κ2) is 24.2. The number of phenolic OH excluding ortho intramolecular Hbond substituents is 1. The molecule has 1 aromatic rings. The molecule has 19 heteroatoms. The number of aromatic hydroxyl groups is 1. The van der Waals surface area contributed by atoms with Gasteiger partial charge < -0.3 is 49.2 Å². The summed E-state index contributed by atoms with van der Waals surface area (Å²) in [5, 5.41) is 43.4. The van der Waals surface area contributed by atoms with Crippen molar-refractivity contribution in [3.05, 3.63) is 82.0 Å². The lowest BCUT2D eigenvalue weighted by Crippen LogP contribution is -2.45. The summed E-state index contributed by atoms with van der Waals surface area (Å²) in [6.07, 6.45) is 6.51. The fraction of sp³-hybridized carbons (Fsp3) is 0.545. The molecule has 74 heavy (non-hydrogen) atoms. The van der Waals surface area contributed by atoms with E-state index in [4.69, 9.17) is 18.9 Å². The smallest absolute Gasteiger partial charge is 0.312 e. The number of aliphatic hydroxyl groups is 2. The molecule has 5 aliphatic rings. The van der Waals surface area contributed by atoms with Crippen molar-refractivity contribution >= 4 is 53.8 Å². The van der Waals surface area contributed by atoms with Crippen LogP contribution in [-0.2, 0) is 38.2 Å². The number of ketones is 4. The quantitative estimate of drug-likeness (QED) is 0.0618. The SMILES string of the molecule is C=C(CC(C)(C)C(=O)CC(C=O)C=O)OCCN1CCN(/N=C\C2=C3NC(=O)/C(C)=C\C=C\[C@H](C)[C@H](O)[C@@H](C)[C@@H](O)[C@@H](C)[C@H](OC(C)=O)[C@H](C)[C@@H](C)/C=C/O[C@@]4(C)Oc5c(C)c(O)c(c(c5C4=O)C2=O)C3=O)CC1. The minimum absolute atomic E-state index is 0.0326. The van der Waals surface area contributed by atoms with Gasteiger partial charge >= 0.3 is 11.8 Å². The number of phenols is 1. The first-order valence-electron chi connectivity index (χ1n) is 25.0. The number of rotatable bonds is 14. The van der Waals surface area contributed by atoms with E-state index < -0.39 is 117 Å². The Morgan fingerprint density at radius 2 is 1.58 bits per heavy atom. The predicted octanol–water partition coefficient (Wildman–Crippen LogP) is 5.14. The van der Waals surface area contributed by atoms with Gasteiger partial charge in [0.2, 0.25) is 5.78 Å². The first-order valence-corrected chi connectivity index (χ1v) is 25.0. The number of hydrogen-bond donors (Lipinski definition) is 4. The number of aliphatic hydroxyl groups excluding tert-OH is 2. The second-order valence-corrected chi connectivity index (χ2v) is 20.8. The minimum Gasteiger partial charge on any atom is -0.507 e. The number of nitrogens with zero attached hydrogens (tertiary/aromatic N) is 3. The van der Waals surface area contributed by atoms with Gasteiger partial charge in [0, 0.05) is 93.7 Å². The number of esters is 1. The normalized spacial score (nSPS) is 29.0. The Hall–Kier alpha value is -6.57. The summed E-state index contributed by atoms with van der Waals surface area (Å²) in [5.41, 5.74) is -2.99. The van der Waals surface area contributed by atoms with E-state index in [0.717, 1.165) is 6.21 Å². The topological polar surface area (TPSA) is 265 Å². The number of piperazine rings is 1. The summed E-state index contributed by atoms with van der Waals surface area (Å²) in [6, 6.07) is 0. The highest BCUT2D eigenvalue weighted by atomic mass is 16.7. The number of ether oxygens (including phenoxy) is 4. The maximum absolute atomic E-state index is 14.9. The lowest BCUT2D eigenvalue weighted by Gasteiger charge is -2.37. The predicted molar refractivity (Wildman–Crippen MR) is 272 cm³/mol. The molecule has 0 aromatic heterocycles. The van der Waals surface area contributed by atoms with Gasteiger partial charge in [-0.1, -0.05) is 73.3 Å². The van der Waals surface area contributed by atoms with Crippen molar-refractivity contribution in [1.29, 1.82) is 0 Å². The number of benzene rings is 1. The van der Waals surface area contributed by atoms with E-state index in [-0.39, 0.29) is 53.3 Å². The molecule has 0 saturated carbocycles. The lowest BCUT2D eigenvalue weighted by molar-refractivity contribution is -0.158. The third-order valence-corrected chi connectivity index (χ3v) is 14.7. The van der Waals surface area contributed by atoms with Crippen LogP contribution in [0.1, 0.15) is 119 Å². The molecular formula is C55H72N4O15. The van der Waals surface area contributed by atoms with Gasteiger partial charge in [-0.25, -0.2) is 0 Å². The van der Waals surface area contributed by atoms with Crippen molar-refractivity contribution < 1.29 is 72.6 Å². The fourth-order valence-corrected chi connectivity index (χ4v) is 9.50. The molecule has 9 atom stereocenters. The van der Waals surface area contributed by atoms with E-state index in [0.29, 0.717) is 51.1 Å². The number of allylic oxidation sites excluding steroid dienone is 6. The molecule has 4 N–H and O–H groups in total. The molecule has 402 valence electrons. The molecule has 1 amide bonds. The van der Waals surface area contributed by atoms with Crippen LogP contribution >= 0.6 is 0 Å². The molecule has 5 bridgehead atoms. The summed E-state index contributed by atoms with van der Waals surface area (Å²) in [6.45, 7) is 24.1. The number of fused-ring (bicyclic) bond motifs is 14. The van der Waals surface area contributed by atoms with Gasteiger partial charge in [-0.3, -0.25) is 38.7 Å². The van der Waals surface area contributed by atoms with Crippen LogP contribution < -0.4 is 10.1 Å².